The lowest BCUT2D eigenvalue weighted by molar-refractivity contribution is -0.385. The second-order valence-corrected chi connectivity index (χ2v) is 24.7. The first kappa shape index (κ1) is 78.3. The molecule has 11 N–H and O–H groups in total. The zero-order valence-corrected chi connectivity index (χ0v) is 53.3. The fourth-order valence-electron chi connectivity index (χ4n) is 8.82. The summed E-state index contributed by atoms with van der Waals surface area (Å²) in [7, 11) is -8.14. The minimum atomic E-state index is -4.15. The molecule has 34 nitrogen and oxygen atoms in total. The summed E-state index contributed by atoms with van der Waals surface area (Å²) in [5, 5.41) is 94.3. The highest BCUT2D eigenvalue weighted by molar-refractivity contribution is 7.89. The molecule has 7 rings (SSSR count). The van der Waals surface area contributed by atoms with Crippen LogP contribution >= 0.6 is 0 Å². The van der Waals surface area contributed by atoms with E-state index in [1.807, 2.05) is 6.92 Å². The van der Waals surface area contributed by atoms with Crippen molar-refractivity contribution in [2.24, 2.45) is 5.73 Å². The van der Waals surface area contributed by atoms with E-state index in [1.54, 1.807) is 31.2 Å². The van der Waals surface area contributed by atoms with Gasteiger partial charge in [0.15, 0.2) is 12.6 Å². The van der Waals surface area contributed by atoms with Crippen molar-refractivity contribution in [3.8, 4) is 17.2 Å². The Morgan fingerprint density at radius 3 is 1.10 bits per heavy atom. The van der Waals surface area contributed by atoms with Gasteiger partial charge in [-0.15, -0.1) is 0 Å². The number of aliphatic hydroxyl groups is 6. The van der Waals surface area contributed by atoms with Gasteiger partial charge >= 0.3 is 17.9 Å². The lowest BCUT2D eigenvalue weighted by atomic mass is 9.98. The summed E-state index contributed by atoms with van der Waals surface area (Å²) in [5.41, 5.74) is 6.77. The number of nitrogens with two attached hydrogens (primary N) is 1. The summed E-state index contributed by atoms with van der Waals surface area (Å²) in [6.07, 6.45) is -9.43. The molecular weight excluding hydrogens is 1310 g/mol. The number of carbonyl (C=O) groups excluding carboxylic acids is 4. The summed E-state index contributed by atoms with van der Waals surface area (Å²) in [6.45, 7) is 2.45. The Bertz CT molecular complexity index is 3500. The van der Waals surface area contributed by atoms with E-state index in [0.29, 0.717) is 25.7 Å². The summed E-state index contributed by atoms with van der Waals surface area (Å²) < 4.78 is 92.5. The molecule has 524 valence electrons. The Kier molecular flexibility index (Phi) is 31.3. The van der Waals surface area contributed by atoms with Gasteiger partial charge in [-0.25, -0.2) is 26.3 Å². The molecule has 5 aromatic carbocycles. The topological polar surface area (TPSA) is 514 Å². The maximum Gasteiger partial charge on any atom is 0.311 e. The molecule has 0 saturated carbocycles. The molecular formula is C60H75N7O27S2. The number of nitro benzene ring substituents is 3. The Labute approximate surface area is 549 Å². The van der Waals surface area contributed by atoms with Crippen LogP contribution in [0.5, 0.6) is 17.2 Å². The number of aryl methyl sites for hydroxylation is 2. The smallest absolute Gasteiger partial charge is 0.311 e. The van der Waals surface area contributed by atoms with E-state index in [1.165, 1.54) is 97.1 Å². The Balaban J connectivity index is 0.000000274. The van der Waals surface area contributed by atoms with Crippen LogP contribution in [0.2, 0.25) is 0 Å². The quantitative estimate of drug-likeness (QED) is 0.00996. The summed E-state index contributed by atoms with van der Waals surface area (Å²) in [5.74, 6) is -1.34. The maximum atomic E-state index is 12.9. The number of unbranched alkanes of at least 4 members (excludes halogenated alkanes) is 2. The molecule has 2 fully saturated rings. The lowest BCUT2D eigenvalue weighted by Crippen LogP contribution is -2.64. The molecule has 96 heavy (non-hydrogen) atoms. The van der Waals surface area contributed by atoms with Crippen molar-refractivity contribution in [2.45, 2.75) is 136 Å². The van der Waals surface area contributed by atoms with E-state index < -0.39 is 127 Å². The van der Waals surface area contributed by atoms with Crippen molar-refractivity contribution in [1.82, 2.24) is 14.8 Å². The van der Waals surface area contributed by atoms with E-state index in [4.69, 9.17) is 38.9 Å². The highest BCUT2D eigenvalue weighted by Crippen LogP contribution is 2.27. The van der Waals surface area contributed by atoms with Gasteiger partial charge in [-0.3, -0.25) is 49.5 Å². The molecule has 2 aliphatic rings. The number of non-ortho nitro benzene ring substituents is 3. The third kappa shape index (κ3) is 25.0. The first-order valence-corrected chi connectivity index (χ1v) is 32.5. The van der Waals surface area contributed by atoms with Crippen LogP contribution in [-0.4, -0.2) is 187 Å². The maximum absolute atomic E-state index is 12.9. The van der Waals surface area contributed by atoms with E-state index >= 15 is 0 Å². The van der Waals surface area contributed by atoms with Gasteiger partial charge in [0.05, 0.1) is 51.0 Å². The van der Waals surface area contributed by atoms with Crippen LogP contribution in [0, 0.1) is 44.2 Å². The van der Waals surface area contributed by atoms with Crippen molar-refractivity contribution in [2.75, 3.05) is 39.5 Å². The molecule has 10 unspecified atom stereocenters. The number of aliphatic hydroxyl groups excluding tert-OH is 6. The Morgan fingerprint density at radius 2 is 0.802 bits per heavy atom. The van der Waals surface area contributed by atoms with Gasteiger partial charge in [-0.1, -0.05) is 35.4 Å². The number of rotatable bonds is 31. The van der Waals surface area contributed by atoms with E-state index in [0.717, 1.165) is 11.1 Å². The standard InChI is InChI=1S/C27H35N3O12S.C18H16N2O8.C15H24N2O7S/c1-17-6-12-20(13-7-17)43(38,39)29-24-26(35)25(34)21(16-31)42-27(24)40-15-14-28-22(32)4-2-3-5-23(33)41-19-10-8-18(9-11-19)30(36)37;21-17(27-15-9-5-13(6-10-15)19(23)24)3-1-2-4-18(22)28-16-11-7-14(8-12-16)20(25)26;1-9-2-4-10(5-3-9)25(21,22)17-12-14(20)13(19)11(8-18)24-15(12)23-7-6-16/h6-13,21,24-27,29,31,34-35H,2-5,14-16H2,1H3,(H,28,32);5-12H,1-4H2;2-5,11-15,17-20H,6-8,16H2,1H3. The van der Waals surface area contributed by atoms with Gasteiger partial charge in [0, 0.05) is 75.2 Å². The van der Waals surface area contributed by atoms with Crippen molar-refractivity contribution in [3.63, 3.8) is 0 Å². The lowest BCUT2D eigenvalue weighted by Gasteiger charge is -2.42. The van der Waals surface area contributed by atoms with Crippen molar-refractivity contribution in [1.29, 1.82) is 0 Å². The normalized spacial score (nSPS) is 20.8. The van der Waals surface area contributed by atoms with Gasteiger partial charge in [0.1, 0.15) is 66.0 Å². The number of hydrogen-bond acceptors (Lipinski definition) is 28. The van der Waals surface area contributed by atoms with Crippen LogP contribution in [0.4, 0.5) is 17.1 Å². The van der Waals surface area contributed by atoms with E-state index in [9.17, 15) is 97.0 Å². The van der Waals surface area contributed by atoms with Crippen molar-refractivity contribution in [3.05, 3.63) is 163 Å². The van der Waals surface area contributed by atoms with Crippen LogP contribution in [0.25, 0.3) is 0 Å². The highest BCUT2D eigenvalue weighted by Gasteiger charge is 2.48. The number of amides is 1. The molecule has 10 atom stereocenters. The molecule has 2 heterocycles. The number of carbonyl (C=O) groups is 4. The first-order valence-electron chi connectivity index (χ1n) is 29.5. The number of nitrogens with zero attached hydrogens (tertiary/aromatic N) is 3. The van der Waals surface area contributed by atoms with E-state index in [2.05, 4.69) is 14.8 Å². The summed E-state index contributed by atoms with van der Waals surface area (Å²) >= 11 is 0. The fraction of sp³-hybridized carbons (Fsp3) is 0.433. The van der Waals surface area contributed by atoms with Gasteiger partial charge < -0.3 is 74.8 Å². The second-order valence-electron chi connectivity index (χ2n) is 21.3. The number of nitro groups is 3. The second kappa shape index (κ2) is 38.3. The molecule has 0 aliphatic carbocycles. The summed E-state index contributed by atoms with van der Waals surface area (Å²) in [4.78, 5) is 77.6. The van der Waals surface area contributed by atoms with Crippen molar-refractivity contribution < 1.29 is 115 Å². The number of hydrogen-bond donors (Lipinski definition) is 10. The van der Waals surface area contributed by atoms with Crippen molar-refractivity contribution >= 4 is 60.9 Å². The third-order valence-corrected chi connectivity index (χ3v) is 16.9. The SMILES string of the molecule is Cc1ccc(S(=O)(=O)NC2C(OCCN)OC(CO)C(O)C2O)cc1.Cc1ccc(S(=O)(=O)NC2C(OCCNC(=O)CCCCC(=O)Oc3ccc([N+](=O)[O-])cc3)OC(CO)C(O)C2O)cc1.O=C(CCCCC(=O)Oc1ccc([N+](=O)[O-])cc1)Oc1ccc([N+](=O)[O-])cc1. The Hall–Kier alpha value is -8.44. The Morgan fingerprint density at radius 1 is 0.490 bits per heavy atom. The zero-order valence-electron chi connectivity index (χ0n) is 51.7. The van der Waals surface area contributed by atoms with Gasteiger partial charge in [0.25, 0.3) is 17.1 Å². The average molecular weight is 1390 g/mol. The molecule has 0 aromatic heterocycles. The zero-order chi connectivity index (χ0) is 70.7. The highest BCUT2D eigenvalue weighted by atomic mass is 32.2. The number of benzene rings is 5. The predicted molar refractivity (Wildman–Crippen MR) is 333 cm³/mol. The van der Waals surface area contributed by atoms with E-state index in [-0.39, 0.29) is 102 Å². The first-order chi connectivity index (χ1) is 45.5. The van der Waals surface area contributed by atoms with Gasteiger partial charge in [0.2, 0.25) is 26.0 Å². The number of sulfonamides is 2. The largest absolute Gasteiger partial charge is 0.427 e. The molecule has 2 aliphatic heterocycles. The monoisotopic (exact) mass is 1390 g/mol. The predicted octanol–water partition coefficient (Wildman–Crippen LogP) is 1.92. The minimum absolute atomic E-state index is 0.000746. The summed E-state index contributed by atoms with van der Waals surface area (Å²) in [6, 6.07) is 24.7. The molecule has 36 heteroatoms. The fourth-order valence-corrected chi connectivity index (χ4v) is 11.3. The number of nitrogens with one attached hydrogen (secondary N) is 3. The third-order valence-electron chi connectivity index (χ3n) is 14.0. The van der Waals surface area contributed by atoms with Gasteiger partial charge in [-0.05, 0) is 100 Å². The molecule has 1 amide bonds. The molecule has 0 bridgehead atoms. The minimum Gasteiger partial charge on any atom is -0.427 e. The molecule has 2 saturated heterocycles. The van der Waals surface area contributed by atoms with Crippen LogP contribution < -0.4 is 34.7 Å². The van der Waals surface area contributed by atoms with Gasteiger partial charge in [-0.2, -0.15) is 0 Å². The number of esters is 3. The van der Waals surface area contributed by atoms with Crippen LogP contribution in [0.3, 0.4) is 0 Å². The van der Waals surface area contributed by atoms with Crippen LogP contribution in [-0.2, 0) is 58.2 Å². The number of ether oxygens (including phenoxy) is 7. The average Bonchev–Trinajstić information content (AvgIpc) is 0.840. The van der Waals surface area contributed by atoms with Crippen LogP contribution in [0.1, 0.15) is 62.5 Å². The molecule has 0 spiro atoms. The molecule has 0 radical (unpaired) electrons. The molecule has 5 aromatic rings. The van der Waals surface area contributed by atoms with Crippen LogP contribution in [0.15, 0.2) is 131 Å².